The van der Waals surface area contributed by atoms with Crippen molar-refractivity contribution in [3.05, 3.63) is 47.8 Å². The summed E-state index contributed by atoms with van der Waals surface area (Å²) in [6, 6.07) is 7.20. The monoisotopic (exact) mass is 323 g/mol. The van der Waals surface area contributed by atoms with E-state index >= 15 is 0 Å². The summed E-state index contributed by atoms with van der Waals surface area (Å²) in [7, 11) is 1.60. The van der Waals surface area contributed by atoms with E-state index in [1.807, 2.05) is 24.4 Å². The highest BCUT2D eigenvalue weighted by atomic mass is 16.5. The van der Waals surface area contributed by atoms with Gasteiger partial charge in [-0.3, -0.25) is 5.10 Å². The fourth-order valence-corrected chi connectivity index (χ4v) is 3.03. The van der Waals surface area contributed by atoms with E-state index in [4.69, 9.17) is 4.74 Å². The molecule has 7 nitrogen and oxygen atoms in total. The number of fused-ring (bicyclic) bond motifs is 3. The summed E-state index contributed by atoms with van der Waals surface area (Å²) in [6.07, 6.45) is 4.41. The van der Waals surface area contributed by atoms with Gasteiger partial charge in [0.1, 0.15) is 5.75 Å². The van der Waals surface area contributed by atoms with Crippen LogP contribution in [0.1, 0.15) is 11.1 Å². The molecule has 0 bridgehead atoms. The molecule has 1 aromatic carbocycles. The first-order chi connectivity index (χ1) is 11.7. The molecule has 0 saturated heterocycles. The van der Waals surface area contributed by atoms with Crippen LogP contribution >= 0.6 is 0 Å². The second-order valence-electron chi connectivity index (χ2n) is 5.73. The van der Waals surface area contributed by atoms with Crippen LogP contribution in [0.15, 0.2) is 36.7 Å². The summed E-state index contributed by atoms with van der Waals surface area (Å²) in [4.78, 5) is 18.7. The van der Waals surface area contributed by atoms with Gasteiger partial charge in [0.2, 0.25) is 0 Å². The van der Waals surface area contributed by atoms with E-state index in [-0.39, 0.29) is 6.03 Å². The molecule has 0 radical (unpaired) electrons. The number of amides is 2. The third-order valence-corrected chi connectivity index (χ3v) is 4.28. The number of nitrogens with zero attached hydrogens (tertiary/aromatic N) is 3. The molecule has 2 N–H and O–H groups in total. The van der Waals surface area contributed by atoms with Crippen LogP contribution in [-0.2, 0) is 13.0 Å². The third kappa shape index (κ3) is 2.54. The number of methoxy groups -OCH3 is 1. The van der Waals surface area contributed by atoms with Crippen molar-refractivity contribution < 1.29 is 9.53 Å². The minimum absolute atomic E-state index is 0.124. The third-order valence-electron chi connectivity index (χ3n) is 4.28. The van der Waals surface area contributed by atoms with E-state index in [0.29, 0.717) is 24.5 Å². The van der Waals surface area contributed by atoms with Crippen LogP contribution in [0.3, 0.4) is 0 Å². The number of hydrogen-bond acceptors (Lipinski definition) is 4. The molecule has 1 aliphatic rings. The van der Waals surface area contributed by atoms with E-state index in [1.165, 1.54) is 5.56 Å². The first-order valence-electron chi connectivity index (χ1n) is 7.74. The predicted molar refractivity (Wildman–Crippen MR) is 90.0 cm³/mol. The Kier molecular flexibility index (Phi) is 3.53. The van der Waals surface area contributed by atoms with Crippen molar-refractivity contribution in [2.45, 2.75) is 13.0 Å². The van der Waals surface area contributed by atoms with Gasteiger partial charge in [0.15, 0.2) is 5.65 Å². The maximum atomic E-state index is 12.5. The van der Waals surface area contributed by atoms with Gasteiger partial charge in [0.25, 0.3) is 0 Å². The Morgan fingerprint density at radius 1 is 1.38 bits per heavy atom. The number of rotatable bonds is 2. The molecule has 3 heterocycles. The molecule has 0 unspecified atom stereocenters. The fourth-order valence-electron chi connectivity index (χ4n) is 3.03. The molecule has 7 heteroatoms. The standard InChI is InChI=1S/C17H17N5O2/c1-24-13-4-2-3-12(7-13)20-17(23)22-6-5-14-11(10-22)8-18-16-15(14)9-19-21-16/h2-4,7-9H,5-6,10H2,1H3,(H,20,23)(H,18,19,21). The number of H-pyrrole nitrogens is 1. The average Bonchev–Trinajstić information content (AvgIpc) is 3.10. The number of aromatic amines is 1. The van der Waals surface area contributed by atoms with Gasteiger partial charge in [-0.05, 0) is 29.7 Å². The van der Waals surface area contributed by atoms with Gasteiger partial charge in [0, 0.05) is 36.4 Å². The first kappa shape index (κ1) is 14.5. The molecule has 1 aliphatic heterocycles. The highest BCUT2D eigenvalue weighted by molar-refractivity contribution is 5.90. The summed E-state index contributed by atoms with van der Waals surface area (Å²) in [5.41, 5.74) is 3.80. The Hall–Kier alpha value is -3.09. The molecule has 0 aliphatic carbocycles. The van der Waals surface area contributed by atoms with Gasteiger partial charge in [0.05, 0.1) is 13.3 Å². The van der Waals surface area contributed by atoms with Crippen LogP contribution in [0.25, 0.3) is 11.0 Å². The van der Waals surface area contributed by atoms with Crippen LogP contribution in [0, 0.1) is 0 Å². The number of hydrogen-bond donors (Lipinski definition) is 2. The second kappa shape index (κ2) is 5.84. The van der Waals surface area contributed by atoms with E-state index in [0.717, 1.165) is 23.0 Å². The lowest BCUT2D eigenvalue weighted by Crippen LogP contribution is -2.39. The lowest BCUT2D eigenvalue weighted by atomic mass is 9.99. The molecule has 4 rings (SSSR count). The smallest absolute Gasteiger partial charge is 0.322 e. The van der Waals surface area contributed by atoms with E-state index in [2.05, 4.69) is 20.5 Å². The molecule has 0 spiro atoms. The van der Waals surface area contributed by atoms with Crippen LogP contribution in [-0.4, -0.2) is 39.8 Å². The topological polar surface area (TPSA) is 83.1 Å². The Labute approximate surface area is 138 Å². The minimum atomic E-state index is -0.124. The number of benzene rings is 1. The second-order valence-corrected chi connectivity index (χ2v) is 5.73. The lowest BCUT2D eigenvalue weighted by Gasteiger charge is -2.29. The molecular weight excluding hydrogens is 306 g/mol. The molecule has 0 saturated carbocycles. The largest absolute Gasteiger partial charge is 0.497 e. The average molecular weight is 323 g/mol. The number of ether oxygens (including phenoxy) is 1. The van der Waals surface area contributed by atoms with Crippen LogP contribution < -0.4 is 10.1 Å². The highest BCUT2D eigenvalue weighted by Crippen LogP contribution is 2.25. The van der Waals surface area contributed by atoms with Crippen LogP contribution in [0.2, 0.25) is 0 Å². The molecule has 24 heavy (non-hydrogen) atoms. The van der Waals surface area contributed by atoms with Gasteiger partial charge in [-0.15, -0.1) is 0 Å². The number of anilines is 1. The first-order valence-corrected chi connectivity index (χ1v) is 7.74. The summed E-state index contributed by atoms with van der Waals surface area (Å²) in [5.74, 6) is 0.711. The zero-order chi connectivity index (χ0) is 16.5. The molecule has 2 amide bonds. The number of urea groups is 1. The normalized spacial score (nSPS) is 13.6. The summed E-state index contributed by atoms with van der Waals surface area (Å²) < 4.78 is 5.18. The van der Waals surface area contributed by atoms with Crippen molar-refractivity contribution >= 4 is 22.8 Å². The summed E-state index contributed by atoms with van der Waals surface area (Å²) >= 11 is 0. The number of carbonyl (C=O) groups excluding carboxylic acids is 1. The Morgan fingerprint density at radius 3 is 3.17 bits per heavy atom. The van der Waals surface area contributed by atoms with Gasteiger partial charge >= 0.3 is 6.03 Å². The van der Waals surface area contributed by atoms with Crippen LogP contribution in [0.5, 0.6) is 5.75 Å². The van der Waals surface area contributed by atoms with Gasteiger partial charge in [-0.1, -0.05) is 6.07 Å². The highest BCUT2D eigenvalue weighted by Gasteiger charge is 2.23. The van der Waals surface area contributed by atoms with E-state index < -0.39 is 0 Å². The van der Waals surface area contributed by atoms with Crippen molar-refractivity contribution in [3.63, 3.8) is 0 Å². The van der Waals surface area contributed by atoms with Crippen molar-refractivity contribution in [3.8, 4) is 5.75 Å². The quantitative estimate of drug-likeness (QED) is 0.759. The molecular formula is C17H17N5O2. The zero-order valence-corrected chi connectivity index (χ0v) is 13.2. The molecule has 3 aromatic rings. The SMILES string of the molecule is COc1cccc(NC(=O)N2CCc3c(cnc4[nH]ncc34)C2)c1. The number of pyridine rings is 1. The maximum Gasteiger partial charge on any atom is 0.322 e. The lowest BCUT2D eigenvalue weighted by molar-refractivity contribution is 0.206. The zero-order valence-electron chi connectivity index (χ0n) is 13.2. The number of aromatic nitrogens is 3. The minimum Gasteiger partial charge on any atom is -0.497 e. The van der Waals surface area contributed by atoms with Gasteiger partial charge in [-0.25, -0.2) is 9.78 Å². The van der Waals surface area contributed by atoms with Gasteiger partial charge in [-0.2, -0.15) is 5.10 Å². The Balaban J connectivity index is 1.52. The Bertz CT molecular complexity index is 905. The van der Waals surface area contributed by atoms with Crippen molar-refractivity contribution in [2.24, 2.45) is 0 Å². The fraction of sp³-hybridized carbons (Fsp3) is 0.235. The predicted octanol–water partition coefficient (Wildman–Crippen LogP) is 2.56. The number of nitrogens with one attached hydrogen (secondary N) is 2. The van der Waals surface area contributed by atoms with E-state index in [1.54, 1.807) is 24.3 Å². The van der Waals surface area contributed by atoms with Gasteiger partial charge < -0.3 is 15.0 Å². The molecule has 122 valence electrons. The maximum absolute atomic E-state index is 12.5. The van der Waals surface area contributed by atoms with E-state index in [9.17, 15) is 4.79 Å². The molecule has 0 atom stereocenters. The summed E-state index contributed by atoms with van der Waals surface area (Å²) in [6.45, 7) is 1.20. The van der Waals surface area contributed by atoms with Crippen LogP contribution in [0.4, 0.5) is 10.5 Å². The summed E-state index contributed by atoms with van der Waals surface area (Å²) in [5, 5.41) is 10.9. The number of carbonyl (C=O) groups is 1. The Morgan fingerprint density at radius 2 is 2.29 bits per heavy atom. The molecule has 2 aromatic heterocycles. The van der Waals surface area contributed by atoms with Crippen molar-refractivity contribution in [2.75, 3.05) is 19.0 Å². The van der Waals surface area contributed by atoms with Crippen molar-refractivity contribution in [1.29, 1.82) is 0 Å². The van der Waals surface area contributed by atoms with Crippen molar-refractivity contribution in [1.82, 2.24) is 20.1 Å². The molecule has 0 fully saturated rings.